The van der Waals surface area contributed by atoms with E-state index in [9.17, 15) is 5.11 Å². The lowest BCUT2D eigenvalue weighted by Gasteiger charge is -2.24. The number of aryl methyl sites for hydroxylation is 1. The molecule has 4 nitrogen and oxygen atoms in total. The summed E-state index contributed by atoms with van der Waals surface area (Å²) in [6, 6.07) is 4.38. The molecule has 2 aromatic rings. The van der Waals surface area contributed by atoms with Gasteiger partial charge in [0.05, 0.1) is 6.20 Å². The number of nitrogens with zero attached hydrogens (tertiary/aromatic N) is 2. The molecule has 0 saturated carbocycles. The van der Waals surface area contributed by atoms with Crippen molar-refractivity contribution in [3.05, 3.63) is 40.3 Å². The van der Waals surface area contributed by atoms with Crippen molar-refractivity contribution in [2.45, 2.75) is 25.5 Å². The third kappa shape index (κ3) is 2.98. The number of aromatic nitrogens is 2. The number of hydrogen-bond acceptors (Lipinski definition) is 4. The van der Waals surface area contributed by atoms with E-state index in [2.05, 4.69) is 28.8 Å². The van der Waals surface area contributed by atoms with Crippen LogP contribution in [0.2, 0.25) is 0 Å². The second-order valence-electron chi connectivity index (χ2n) is 4.79. The van der Waals surface area contributed by atoms with Gasteiger partial charge in [0, 0.05) is 36.3 Å². The van der Waals surface area contributed by atoms with Crippen molar-refractivity contribution in [3.8, 4) is 0 Å². The highest BCUT2D eigenvalue weighted by Gasteiger charge is 2.25. The first-order valence-corrected chi connectivity index (χ1v) is 6.85. The average molecular weight is 265 g/mol. The van der Waals surface area contributed by atoms with Gasteiger partial charge in [0.15, 0.2) is 0 Å². The molecule has 2 rings (SSSR count). The maximum Gasteiger partial charge on any atom is 0.102 e. The quantitative estimate of drug-likeness (QED) is 0.870. The molecule has 2 heterocycles. The fraction of sp³-hybridized carbons (Fsp3) is 0.462. The summed E-state index contributed by atoms with van der Waals surface area (Å²) in [6.07, 6.45) is 3.55. The summed E-state index contributed by atoms with van der Waals surface area (Å²) in [6.45, 7) is 4.40. The Labute approximate surface area is 111 Å². The van der Waals surface area contributed by atoms with Crippen molar-refractivity contribution in [2.75, 3.05) is 6.54 Å². The number of thiophene rings is 1. The van der Waals surface area contributed by atoms with E-state index in [1.54, 1.807) is 29.1 Å². The first-order chi connectivity index (χ1) is 8.49. The zero-order valence-corrected chi connectivity index (χ0v) is 11.7. The number of rotatable bonds is 5. The second-order valence-corrected chi connectivity index (χ2v) is 5.77. The van der Waals surface area contributed by atoms with Gasteiger partial charge in [0.25, 0.3) is 0 Å². The molecule has 2 atom stereocenters. The Morgan fingerprint density at radius 2 is 2.39 bits per heavy atom. The van der Waals surface area contributed by atoms with Gasteiger partial charge in [0.1, 0.15) is 5.60 Å². The van der Waals surface area contributed by atoms with Crippen LogP contribution < -0.4 is 5.32 Å². The molecule has 18 heavy (non-hydrogen) atoms. The van der Waals surface area contributed by atoms with Gasteiger partial charge in [-0.15, -0.1) is 11.3 Å². The van der Waals surface area contributed by atoms with Gasteiger partial charge in [-0.25, -0.2) is 0 Å². The van der Waals surface area contributed by atoms with Crippen molar-refractivity contribution in [2.24, 2.45) is 7.05 Å². The van der Waals surface area contributed by atoms with Crippen LogP contribution >= 0.6 is 11.3 Å². The summed E-state index contributed by atoms with van der Waals surface area (Å²) >= 11 is 1.72. The van der Waals surface area contributed by atoms with Crippen LogP contribution in [0.25, 0.3) is 0 Å². The normalized spacial score (nSPS) is 16.4. The summed E-state index contributed by atoms with van der Waals surface area (Å²) in [5, 5.41) is 19.9. The van der Waals surface area contributed by atoms with Crippen molar-refractivity contribution in [1.29, 1.82) is 0 Å². The van der Waals surface area contributed by atoms with Crippen molar-refractivity contribution < 1.29 is 5.11 Å². The summed E-state index contributed by atoms with van der Waals surface area (Å²) in [4.78, 5) is 1.27. The van der Waals surface area contributed by atoms with Crippen LogP contribution in [0.3, 0.4) is 0 Å². The third-order valence-electron chi connectivity index (χ3n) is 3.05. The largest absolute Gasteiger partial charge is 0.384 e. The van der Waals surface area contributed by atoms with E-state index in [1.807, 2.05) is 19.3 Å². The highest BCUT2D eigenvalue weighted by molar-refractivity contribution is 7.10. The van der Waals surface area contributed by atoms with Crippen LogP contribution in [0.4, 0.5) is 0 Å². The summed E-state index contributed by atoms with van der Waals surface area (Å²) in [5.74, 6) is 0. The van der Waals surface area contributed by atoms with Crippen LogP contribution in [-0.2, 0) is 12.6 Å². The topological polar surface area (TPSA) is 50.1 Å². The predicted octanol–water partition coefficient (Wildman–Crippen LogP) is 2.04. The number of aliphatic hydroxyl groups is 1. The Kier molecular flexibility index (Phi) is 3.85. The Morgan fingerprint density at radius 3 is 2.94 bits per heavy atom. The zero-order valence-electron chi connectivity index (χ0n) is 10.9. The molecule has 2 N–H and O–H groups in total. The molecule has 0 aromatic carbocycles. The van der Waals surface area contributed by atoms with Crippen LogP contribution in [0, 0.1) is 0 Å². The molecule has 0 aliphatic carbocycles. The van der Waals surface area contributed by atoms with Crippen molar-refractivity contribution >= 4 is 11.3 Å². The fourth-order valence-electron chi connectivity index (χ4n) is 1.79. The van der Waals surface area contributed by atoms with Gasteiger partial charge < -0.3 is 10.4 Å². The maximum absolute atomic E-state index is 10.4. The van der Waals surface area contributed by atoms with E-state index in [0.717, 1.165) is 5.56 Å². The molecule has 5 heteroatoms. The molecule has 0 bridgehead atoms. The number of hydrogen-bond donors (Lipinski definition) is 2. The van der Waals surface area contributed by atoms with Gasteiger partial charge in [0.2, 0.25) is 0 Å². The lowest BCUT2D eigenvalue weighted by Crippen LogP contribution is -2.36. The Balaban J connectivity index is 1.97. The first-order valence-electron chi connectivity index (χ1n) is 5.97. The third-order valence-corrected chi connectivity index (χ3v) is 4.10. The highest BCUT2D eigenvalue weighted by Crippen LogP contribution is 2.22. The molecule has 0 aliphatic rings. The molecule has 0 aliphatic heterocycles. The maximum atomic E-state index is 10.4. The van der Waals surface area contributed by atoms with E-state index in [1.165, 1.54) is 4.88 Å². The van der Waals surface area contributed by atoms with Gasteiger partial charge in [-0.2, -0.15) is 5.10 Å². The standard InChI is InChI=1S/C13H19N3OS/c1-10(12-5-4-6-18-12)14-9-13(2,17)11-7-15-16(3)8-11/h4-8,10,14,17H,9H2,1-3H3. The SMILES string of the molecule is CC(NCC(C)(O)c1cnn(C)c1)c1cccs1. The molecule has 2 aromatic heterocycles. The van der Waals surface area contributed by atoms with Crippen molar-refractivity contribution in [1.82, 2.24) is 15.1 Å². The van der Waals surface area contributed by atoms with Crippen LogP contribution in [0.1, 0.15) is 30.3 Å². The van der Waals surface area contributed by atoms with Gasteiger partial charge in [-0.05, 0) is 25.3 Å². The highest BCUT2D eigenvalue weighted by atomic mass is 32.1. The molecule has 0 saturated heterocycles. The lowest BCUT2D eigenvalue weighted by atomic mass is 9.99. The monoisotopic (exact) mass is 265 g/mol. The molecular weight excluding hydrogens is 246 g/mol. The molecule has 0 amide bonds. The number of nitrogens with one attached hydrogen (secondary N) is 1. The molecule has 0 radical (unpaired) electrons. The fourth-order valence-corrected chi connectivity index (χ4v) is 2.55. The van der Waals surface area contributed by atoms with Gasteiger partial charge in [-0.1, -0.05) is 6.07 Å². The zero-order chi connectivity index (χ0) is 13.2. The van der Waals surface area contributed by atoms with Crippen LogP contribution in [-0.4, -0.2) is 21.4 Å². The van der Waals surface area contributed by atoms with Gasteiger partial charge in [-0.3, -0.25) is 4.68 Å². The molecule has 0 fully saturated rings. The van der Waals surface area contributed by atoms with Crippen molar-refractivity contribution in [3.63, 3.8) is 0 Å². The van der Waals surface area contributed by atoms with E-state index in [0.29, 0.717) is 6.54 Å². The van der Waals surface area contributed by atoms with Crippen LogP contribution in [0.15, 0.2) is 29.9 Å². The molecular formula is C13H19N3OS. The van der Waals surface area contributed by atoms with Crippen LogP contribution in [0.5, 0.6) is 0 Å². The lowest BCUT2D eigenvalue weighted by molar-refractivity contribution is 0.0544. The average Bonchev–Trinajstić information content (AvgIpc) is 2.96. The van der Waals surface area contributed by atoms with Gasteiger partial charge >= 0.3 is 0 Å². The predicted molar refractivity (Wildman–Crippen MR) is 73.5 cm³/mol. The first kappa shape index (κ1) is 13.3. The van der Waals surface area contributed by atoms with E-state index < -0.39 is 5.60 Å². The minimum Gasteiger partial charge on any atom is -0.384 e. The summed E-state index contributed by atoms with van der Waals surface area (Å²) in [7, 11) is 1.85. The molecule has 98 valence electrons. The minimum absolute atomic E-state index is 0.244. The smallest absolute Gasteiger partial charge is 0.102 e. The second kappa shape index (κ2) is 5.22. The van der Waals surface area contributed by atoms with E-state index in [-0.39, 0.29) is 6.04 Å². The summed E-state index contributed by atoms with van der Waals surface area (Å²) in [5.41, 5.74) is -0.0735. The summed E-state index contributed by atoms with van der Waals surface area (Å²) < 4.78 is 1.70. The molecule has 2 unspecified atom stereocenters. The Bertz CT molecular complexity index is 490. The Morgan fingerprint density at radius 1 is 1.61 bits per heavy atom. The minimum atomic E-state index is -0.903. The van der Waals surface area contributed by atoms with E-state index >= 15 is 0 Å². The Hall–Kier alpha value is -1.17. The van der Waals surface area contributed by atoms with E-state index in [4.69, 9.17) is 0 Å². The molecule has 0 spiro atoms.